The number of morpholine rings is 1. The van der Waals surface area contributed by atoms with Crippen LogP contribution in [0.2, 0.25) is 0 Å². The largest absolute Gasteiger partial charge is 0.480 e. The Hall–Kier alpha value is -1.14. The summed E-state index contributed by atoms with van der Waals surface area (Å²) in [6.07, 6.45) is 0. The topological polar surface area (TPSA) is 78.9 Å². The number of aliphatic carboxylic acids is 1. The molecule has 18 heavy (non-hydrogen) atoms. The van der Waals surface area contributed by atoms with Crippen molar-refractivity contribution in [1.82, 2.24) is 10.2 Å². The fourth-order valence-electron chi connectivity index (χ4n) is 2.22. The minimum Gasteiger partial charge on any atom is -0.480 e. The smallest absolute Gasteiger partial charge is 0.323 e. The van der Waals surface area contributed by atoms with Gasteiger partial charge in [-0.25, -0.2) is 0 Å². The molecule has 1 heterocycles. The third-order valence-corrected chi connectivity index (χ3v) is 2.90. The number of carbonyl (C=O) groups is 2. The first-order valence-corrected chi connectivity index (χ1v) is 6.09. The fraction of sp³-hybridized carbons (Fsp3) is 0.833. The molecule has 1 aliphatic heterocycles. The van der Waals surface area contributed by atoms with Crippen LogP contribution in [0.4, 0.5) is 0 Å². The average Bonchev–Trinajstić information content (AvgIpc) is 2.13. The number of amides is 1. The highest BCUT2D eigenvalue weighted by atomic mass is 16.5. The summed E-state index contributed by atoms with van der Waals surface area (Å²) in [6.45, 7) is 8.39. The molecule has 0 radical (unpaired) electrons. The van der Waals surface area contributed by atoms with E-state index in [4.69, 9.17) is 9.84 Å². The molecular formula is C12H22N2O4. The Morgan fingerprint density at radius 2 is 2.17 bits per heavy atom. The summed E-state index contributed by atoms with van der Waals surface area (Å²) >= 11 is 0. The molecule has 6 nitrogen and oxygen atoms in total. The molecule has 6 heteroatoms. The zero-order valence-electron chi connectivity index (χ0n) is 11.4. The Labute approximate surface area is 107 Å². The summed E-state index contributed by atoms with van der Waals surface area (Å²) in [4.78, 5) is 24.0. The molecule has 1 rings (SSSR count). The Bertz CT molecular complexity index is 330. The van der Waals surface area contributed by atoms with Crippen molar-refractivity contribution in [1.29, 1.82) is 0 Å². The second kappa shape index (κ2) is 5.67. The normalized spacial score (nSPS) is 25.4. The Morgan fingerprint density at radius 3 is 2.67 bits per heavy atom. The molecule has 2 unspecified atom stereocenters. The number of ether oxygens (including phenoxy) is 1. The van der Waals surface area contributed by atoms with Crippen LogP contribution in [-0.4, -0.2) is 59.3 Å². The van der Waals surface area contributed by atoms with Gasteiger partial charge in [0.2, 0.25) is 5.91 Å². The lowest BCUT2D eigenvalue weighted by Gasteiger charge is -2.42. The van der Waals surface area contributed by atoms with Crippen LogP contribution >= 0.6 is 0 Å². The van der Waals surface area contributed by atoms with Crippen LogP contribution in [0.15, 0.2) is 0 Å². The number of carbonyl (C=O) groups excluding carboxylic acids is 1. The van der Waals surface area contributed by atoms with Crippen LogP contribution < -0.4 is 5.32 Å². The Kier molecular flexibility index (Phi) is 4.70. The molecule has 0 aliphatic carbocycles. The molecule has 2 atom stereocenters. The highest BCUT2D eigenvalue weighted by Gasteiger charge is 2.37. The third kappa shape index (κ3) is 4.27. The van der Waals surface area contributed by atoms with Gasteiger partial charge in [-0.05, 0) is 20.8 Å². The van der Waals surface area contributed by atoms with Gasteiger partial charge in [0.1, 0.15) is 6.04 Å². The molecule has 0 saturated carbocycles. The first-order chi connectivity index (χ1) is 8.21. The minimum atomic E-state index is -0.888. The molecule has 0 bridgehead atoms. The van der Waals surface area contributed by atoms with Crippen LogP contribution in [0.3, 0.4) is 0 Å². The van der Waals surface area contributed by atoms with Crippen LogP contribution in [0.1, 0.15) is 27.7 Å². The maximum atomic E-state index is 11.2. The van der Waals surface area contributed by atoms with E-state index in [0.717, 1.165) is 0 Å². The summed E-state index contributed by atoms with van der Waals surface area (Å²) < 4.78 is 5.52. The second-order valence-corrected chi connectivity index (χ2v) is 5.46. The number of rotatable bonds is 4. The van der Waals surface area contributed by atoms with Gasteiger partial charge in [0.25, 0.3) is 0 Å². The van der Waals surface area contributed by atoms with Crippen molar-refractivity contribution < 1.29 is 19.4 Å². The summed E-state index contributed by atoms with van der Waals surface area (Å²) in [7, 11) is 0. The Morgan fingerprint density at radius 1 is 1.56 bits per heavy atom. The number of nitrogens with zero attached hydrogens (tertiary/aromatic N) is 1. The zero-order chi connectivity index (χ0) is 13.9. The molecule has 0 aromatic carbocycles. The summed E-state index contributed by atoms with van der Waals surface area (Å²) in [5.74, 6) is -0.998. The third-order valence-electron chi connectivity index (χ3n) is 2.90. The maximum Gasteiger partial charge on any atom is 0.323 e. The molecule has 0 spiro atoms. The molecular weight excluding hydrogens is 236 g/mol. The number of carboxylic acids is 1. The van der Waals surface area contributed by atoms with Gasteiger partial charge in [0, 0.05) is 26.1 Å². The van der Waals surface area contributed by atoms with Gasteiger partial charge in [-0.2, -0.15) is 0 Å². The number of nitrogens with one attached hydrogen (secondary N) is 1. The van der Waals surface area contributed by atoms with E-state index in [1.54, 1.807) is 0 Å². The first kappa shape index (κ1) is 14.9. The van der Waals surface area contributed by atoms with Gasteiger partial charge in [-0.15, -0.1) is 0 Å². The lowest BCUT2D eigenvalue weighted by molar-refractivity contribution is -0.162. The van der Waals surface area contributed by atoms with Gasteiger partial charge in [0.05, 0.1) is 12.2 Å². The highest BCUT2D eigenvalue weighted by molar-refractivity contribution is 5.74. The van der Waals surface area contributed by atoms with Crippen molar-refractivity contribution in [2.75, 3.05) is 19.7 Å². The van der Waals surface area contributed by atoms with Gasteiger partial charge in [-0.3, -0.25) is 14.5 Å². The number of hydrogen-bond acceptors (Lipinski definition) is 4. The SMILES string of the molecule is CC(=O)NC(C)CN1CC(C)(C)OCC1C(=O)O. The van der Waals surface area contributed by atoms with Crippen molar-refractivity contribution >= 4 is 11.9 Å². The fourth-order valence-corrected chi connectivity index (χ4v) is 2.22. The highest BCUT2D eigenvalue weighted by Crippen LogP contribution is 2.21. The molecule has 1 aliphatic rings. The van der Waals surface area contributed by atoms with E-state index in [2.05, 4.69) is 5.32 Å². The van der Waals surface area contributed by atoms with Crippen molar-refractivity contribution in [3.8, 4) is 0 Å². The predicted molar refractivity (Wildman–Crippen MR) is 66.3 cm³/mol. The standard InChI is InChI=1S/C12H22N2O4/c1-8(13-9(2)15)5-14-7-12(3,4)18-6-10(14)11(16)17/h8,10H,5-7H2,1-4H3,(H,13,15)(H,16,17). The molecule has 1 amide bonds. The molecule has 2 N–H and O–H groups in total. The van der Waals surface area contributed by atoms with E-state index in [0.29, 0.717) is 13.1 Å². The van der Waals surface area contributed by atoms with Crippen molar-refractivity contribution in [3.05, 3.63) is 0 Å². The first-order valence-electron chi connectivity index (χ1n) is 6.09. The molecule has 1 saturated heterocycles. The minimum absolute atomic E-state index is 0.0850. The van der Waals surface area contributed by atoms with Crippen LogP contribution in [-0.2, 0) is 14.3 Å². The van der Waals surface area contributed by atoms with Gasteiger partial charge < -0.3 is 15.2 Å². The summed E-state index contributed by atoms with van der Waals surface area (Å²) in [5, 5.41) is 11.9. The molecule has 0 aromatic rings. The summed E-state index contributed by atoms with van der Waals surface area (Å²) in [5.41, 5.74) is -0.359. The second-order valence-electron chi connectivity index (χ2n) is 5.46. The van der Waals surface area contributed by atoms with E-state index < -0.39 is 12.0 Å². The number of carboxylic acid groups (broad SMARTS) is 1. The van der Waals surface area contributed by atoms with Gasteiger partial charge in [-0.1, -0.05) is 0 Å². The average molecular weight is 258 g/mol. The van der Waals surface area contributed by atoms with Crippen molar-refractivity contribution in [2.24, 2.45) is 0 Å². The lowest BCUT2D eigenvalue weighted by Crippen LogP contribution is -2.59. The van der Waals surface area contributed by atoms with E-state index in [1.165, 1.54) is 6.92 Å². The Balaban J connectivity index is 2.67. The lowest BCUT2D eigenvalue weighted by atomic mass is 10.0. The molecule has 0 aromatic heterocycles. The summed E-state index contributed by atoms with van der Waals surface area (Å²) in [6, 6.07) is -0.729. The van der Waals surface area contributed by atoms with Gasteiger partial charge >= 0.3 is 5.97 Å². The predicted octanol–water partition coefficient (Wildman–Crippen LogP) is 0.0750. The monoisotopic (exact) mass is 258 g/mol. The van der Waals surface area contributed by atoms with E-state index in [9.17, 15) is 9.59 Å². The molecule has 1 fully saturated rings. The van der Waals surface area contributed by atoms with E-state index in [1.807, 2.05) is 25.7 Å². The number of hydrogen-bond donors (Lipinski definition) is 2. The maximum absolute atomic E-state index is 11.2. The van der Waals surface area contributed by atoms with E-state index >= 15 is 0 Å². The van der Waals surface area contributed by atoms with Crippen molar-refractivity contribution in [3.63, 3.8) is 0 Å². The van der Waals surface area contributed by atoms with Gasteiger partial charge in [0.15, 0.2) is 0 Å². The van der Waals surface area contributed by atoms with Crippen LogP contribution in [0, 0.1) is 0 Å². The molecule has 104 valence electrons. The van der Waals surface area contributed by atoms with E-state index in [-0.39, 0.29) is 24.2 Å². The van der Waals surface area contributed by atoms with Crippen LogP contribution in [0.25, 0.3) is 0 Å². The van der Waals surface area contributed by atoms with Crippen molar-refractivity contribution in [2.45, 2.75) is 45.4 Å². The zero-order valence-corrected chi connectivity index (χ0v) is 11.4. The van der Waals surface area contributed by atoms with Crippen LogP contribution in [0.5, 0.6) is 0 Å². The quantitative estimate of drug-likeness (QED) is 0.746.